The molecule has 3 rings (SSSR count). The molecule has 5 nitrogen and oxygen atoms in total. The minimum Gasteiger partial charge on any atom is -0.493 e. The van der Waals surface area contributed by atoms with Gasteiger partial charge in [-0.3, -0.25) is 4.79 Å². The van der Waals surface area contributed by atoms with Crippen LogP contribution in [0.15, 0.2) is 23.3 Å². The van der Waals surface area contributed by atoms with Crippen molar-refractivity contribution in [3.05, 3.63) is 23.8 Å². The molecule has 5 heteroatoms. The van der Waals surface area contributed by atoms with E-state index in [4.69, 9.17) is 9.47 Å². The molecule has 0 spiro atoms. The van der Waals surface area contributed by atoms with Gasteiger partial charge >= 0.3 is 0 Å². The fourth-order valence-electron chi connectivity index (χ4n) is 3.52. The van der Waals surface area contributed by atoms with Crippen LogP contribution in [0.1, 0.15) is 32.3 Å². The van der Waals surface area contributed by atoms with Crippen molar-refractivity contribution in [3.63, 3.8) is 0 Å². The fraction of sp³-hybridized carbons (Fsp3) is 0.529. The van der Waals surface area contributed by atoms with E-state index in [1.807, 2.05) is 18.2 Å². The van der Waals surface area contributed by atoms with Crippen LogP contribution in [0.5, 0.6) is 11.5 Å². The van der Waals surface area contributed by atoms with Gasteiger partial charge in [-0.25, -0.2) is 0 Å². The van der Waals surface area contributed by atoms with Crippen LogP contribution in [0, 0.1) is 11.3 Å². The van der Waals surface area contributed by atoms with Crippen molar-refractivity contribution in [2.24, 2.45) is 16.4 Å². The van der Waals surface area contributed by atoms with Crippen LogP contribution < -0.4 is 14.9 Å². The summed E-state index contributed by atoms with van der Waals surface area (Å²) in [5, 5.41) is 4.45. The molecule has 0 radical (unpaired) electrons. The van der Waals surface area contributed by atoms with Crippen molar-refractivity contribution in [1.82, 2.24) is 5.43 Å². The number of benzene rings is 1. The Morgan fingerprint density at radius 3 is 2.64 bits per heavy atom. The molecule has 2 atom stereocenters. The lowest BCUT2D eigenvalue weighted by atomic mass is 9.68. The Kier molecular flexibility index (Phi) is 3.59. The second-order valence-electron chi connectivity index (χ2n) is 6.79. The number of Topliss-reactive ketones (excluding diaryl/α,β-unsaturated/α-hetero) is 1. The number of hydrazone groups is 1. The lowest BCUT2D eigenvalue weighted by Crippen LogP contribution is -2.45. The molecular weight excluding hydrogens is 280 g/mol. The van der Waals surface area contributed by atoms with Crippen molar-refractivity contribution in [2.75, 3.05) is 14.2 Å². The zero-order chi connectivity index (χ0) is 15.9. The highest BCUT2D eigenvalue weighted by molar-refractivity contribution is 6.15. The summed E-state index contributed by atoms with van der Waals surface area (Å²) >= 11 is 0. The Bertz CT molecular complexity index is 637. The number of ketones is 1. The van der Waals surface area contributed by atoms with Crippen LogP contribution in [-0.2, 0) is 4.79 Å². The molecule has 1 saturated carbocycles. The summed E-state index contributed by atoms with van der Waals surface area (Å²) in [6.45, 7) is 4.27. The summed E-state index contributed by atoms with van der Waals surface area (Å²) in [7, 11) is 3.21. The van der Waals surface area contributed by atoms with Crippen molar-refractivity contribution in [1.29, 1.82) is 0 Å². The first-order chi connectivity index (χ1) is 10.4. The van der Waals surface area contributed by atoms with Gasteiger partial charge in [-0.05, 0) is 30.0 Å². The number of methoxy groups -OCH3 is 2. The molecule has 1 aliphatic heterocycles. The molecule has 0 aromatic heterocycles. The standard InChI is InChI=1S/C17H22N2O3/c1-17(2)8-11-15(12(20)9-17)16(19-18-11)10-5-6-13(21-3)14(7-10)22-4/h5-7,11,15,18H,8-9H2,1-4H3/t11-,15+/m1/s1. The van der Waals surface area contributed by atoms with Gasteiger partial charge in [-0.1, -0.05) is 13.8 Å². The van der Waals surface area contributed by atoms with E-state index in [1.54, 1.807) is 14.2 Å². The van der Waals surface area contributed by atoms with Crippen LogP contribution in [0.2, 0.25) is 0 Å². The van der Waals surface area contributed by atoms with E-state index in [-0.39, 0.29) is 23.2 Å². The quantitative estimate of drug-likeness (QED) is 0.931. The van der Waals surface area contributed by atoms with E-state index in [9.17, 15) is 4.79 Å². The number of carbonyl (C=O) groups is 1. The minimum absolute atomic E-state index is 0.0355. The number of ether oxygens (including phenoxy) is 2. The molecule has 0 saturated heterocycles. The SMILES string of the molecule is COc1ccc(C2=NN[C@@H]3CC(C)(C)CC(=O)[C@@H]23)cc1OC. The number of hydrogen-bond donors (Lipinski definition) is 1. The molecule has 2 aliphatic rings. The third-order valence-corrected chi connectivity index (χ3v) is 4.50. The van der Waals surface area contributed by atoms with Crippen molar-refractivity contribution in [2.45, 2.75) is 32.7 Å². The third-order valence-electron chi connectivity index (χ3n) is 4.50. The Morgan fingerprint density at radius 1 is 1.23 bits per heavy atom. The number of nitrogens with zero attached hydrogens (tertiary/aromatic N) is 1. The molecule has 1 fully saturated rings. The first-order valence-corrected chi connectivity index (χ1v) is 7.53. The van der Waals surface area contributed by atoms with Gasteiger partial charge in [-0.2, -0.15) is 5.10 Å². The van der Waals surface area contributed by atoms with Crippen molar-refractivity contribution < 1.29 is 14.3 Å². The normalized spacial score (nSPS) is 26.0. The van der Waals surface area contributed by atoms with Gasteiger partial charge in [0.15, 0.2) is 11.5 Å². The monoisotopic (exact) mass is 302 g/mol. The molecule has 22 heavy (non-hydrogen) atoms. The summed E-state index contributed by atoms with van der Waals surface area (Å²) in [5.74, 6) is 1.42. The summed E-state index contributed by atoms with van der Waals surface area (Å²) in [4.78, 5) is 12.6. The molecule has 0 bridgehead atoms. The Morgan fingerprint density at radius 2 is 1.95 bits per heavy atom. The first kappa shape index (κ1) is 14.9. The fourth-order valence-corrected chi connectivity index (χ4v) is 3.52. The molecule has 0 unspecified atom stereocenters. The first-order valence-electron chi connectivity index (χ1n) is 7.53. The molecule has 118 valence electrons. The number of carbonyl (C=O) groups excluding carboxylic acids is 1. The Balaban J connectivity index is 1.92. The summed E-state index contributed by atoms with van der Waals surface area (Å²) in [5.41, 5.74) is 4.91. The van der Waals surface area contributed by atoms with Crippen molar-refractivity contribution in [3.8, 4) is 11.5 Å². The number of rotatable bonds is 3. The summed E-state index contributed by atoms with van der Waals surface area (Å²) < 4.78 is 10.6. The van der Waals surface area contributed by atoms with Gasteiger partial charge in [0.25, 0.3) is 0 Å². The smallest absolute Gasteiger partial charge is 0.161 e. The minimum atomic E-state index is -0.161. The highest BCUT2D eigenvalue weighted by Crippen LogP contribution is 2.40. The van der Waals surface area contributed by atoms with Crippen LogP contribution in [0.3, 0.4) is 0 Å². The van der Waals surface area contributed by atoms with E-state index in [1.165, 1.54) is 0 Å². The van der Waals surface area contributed by atoms with Gasteiger partial charge in [0.05, 0.1) is 31.9 Å². The van der Waals surface area contributed by atoms with E-state index >= 15 is 0 Å². The maximum atomic E-state index is 12.6. The number of fused-ring (bicyclic) bond motifs is 1. The third kappa shape index (κ3) is 2.45. The van der Waals surface area contributed by atoms with Crippen molar-refractivity contribution >= 4 is 11.5 Å². The lowest BCUT2D eigenvalue weighted by molar-refractivity contribution is -0.126. The summed E-state index contributed by atoms with van der Waals surface area (Å²) in [6, 6.07) is 5.76. The van der Waals surface area contributed by atoms with Gasteiger partial charge < -0.3 is 14.9 Å². The van der Waals surface area contributed by atoms with Gasteiger partial charge in [0, 0.05) is 12.0 Å². The molecule has 1 heterocycles. The number of hydrogen-bond acceptors (Lipinski definition) is 5. The average molecular weight is 302 g/mol. The molecule has 1 aromatic rings. The predicted molar refractivity (Wildman–Crippen MR) is 84.5 cm³/mol. The highest BCUT2D eigenvalue weighted by atomic mass is 16.5. The zero-order valence-electron chi connectivity index (χ0n) is 13.5. The number of nitrogens with one attached hydrogen (secondary N) is 1. The predicted octanol–water partition coefficient (Wildman–Crippen LogP) is 2.39. The molecule has 1 aromatic carbocycles. The molecule has 0 amide bonds. The van der Waals surface area contributed by atoms with Gasteiger partial charge in [-0.15, -0.1) is 0 Å². The largest absolute Gasteiger partial charge is 0.493 e. The Labute approximate surface area is 130 Å². The molecule has 1 N–H and O–H groups in total. The molecule has 1 aliphatic carbocycles. The molecular formula is C17H22N2O3. The van der Waals surface area contributed by atoms with Gasteiger partial charge in [0.2, 0.25) is 0 Å². The topological polar surface area (TPSA) is 59.9 Å². The van der Waals surface area contributed by atoms with Crippen LogP contribution in [0.4, 0.5) is 0 Å². The highest BCUT2D eigenvalue weighted by Gasteiger charge is 2.46. The maximum Gasteiger partial charge on any atom is 0.161 e. The Hall–Kier alpha value is -2.04. The second-order valence-corrected chi connectivity index (χ2v) is 6.79. The van der Waals surface area contributed by atoms with E-state index < -0.39 is 0 Å². The van der Waals surface area contributed by atoms with Crippen LogP contribution >= 0.6 is 0 Å². The van der Waals surface area contributed by atoms with Gasteiger partial charge in [0.1, 0.15) is 5.78 Å². The van der Waals surface area contributed by atoms with Crippen LogP contribution in [0.25, 0.3) is 0 Å². The average Bonchev–Trinajstić information content (AvgIpc) is 2.89. The zero-order valence-corrected chi connectivity index (χ0v) is 13.5. The van der Waals surface area contributed by atoms with E-state index in [0.717, 1.165) is 17.7 Å². The maximum absolute atomic E-state index is 12.6. The summed E-state index contributed by atoms with van der Waals surface area (Å²) in [6.07, 6.45) is 1.55. The van der Waals surface area contributed by atoms with Crippen LogP contribution in [-0.4, -0.2) is 31.8 Å². The lowest BCUT2D eigenvalue weighted by Gasteiger charge is -2.36. The van der Waals surface area contributed by atoms with E-state index in [2.05, 4.69) is 24.4 Å². The second kappa shape index (κ2) is 5.30. The van der Waals surface area contributed by atoms with E-state index in [0.29, 0.717) is 17.9 Å².